The predicted molar refractivity (Wildman–Crippen MR) is 62.9 cm³/mol. The lowest BCUT2D eigenvalue weighted by molar-refractivity contribution is 0.123. The zero-order valence-corrected chi connectivity index (χ0v) is 9.33. The Hall–Kier alpha value is -0.900. The summed E-state index contributed by atoms with van der Waals surface area (Å²) in [6.45, 7) is 4.37. The average molecular weight is 208 g/mol. The van der Waals surface area contributed by atoms with Gasteiger partial charge in [0.25, 0.3) is 0 Å². The first-order valence-corrected chi connectivity index (χ1v) is 5.40. The molecule has 0 bridgehead atoms. The van der Waals surface area contributed by atoms with Crippen molar-refractivity contribution in [3.05, 3.63) is 35.9 Å². The van der Waals surface area contributed by atoms with Crippen molar-refractivity contribution in [1.82, 2.24) is 10.6 Å². The highest BCUT2D eigenvalue weighted by atomic mass is 16.5. The molecule has 15 heavy (non-hydrogen) atoms. The largest absolute Gasteiger partial charge is 0.375 e. The zero-order chi connectivity index (χ0) is 10.8. The van der Waals surface area contributed by atoms with Gasteiger partial charge in [-0.05, 0) is 12.6 Å². The van der Waals surface area contributed by atoms with Crippen LogP contribution in [-0.4, -0.2) is 33.3 Å². The second-order valence-electron chi connectivity index (χ2n) is 3.39. The molecule has 0 radical (unpaired) electrons. The van der Waals surface area contributed by atoms with Crippen LogP contribution in [0.25, 0.3) is 0 Å². The van der Waals surface area contributed by atoms with E-state index in [-0.39, 0.29) is 0 Å². The molecule has 0 aliphatic carbocycles. The first-order chi connectivity index (χ1) is 7.43. The van der Waals surface area contributed by atoms with Gasteiger partial charge in [0, 0.05) is 19.6 Å². The Labute approximate surface area is 91.8 Å². The van der Waals surface area contributed by atoms with Gasteiger partial charge in [-0.15, -0.1) is 0 Å². The number of hydrogen-bond donors (Lipinski definition) is 2. The van der Waals surface area contributed by atoms with E-state index in [0.29, 0.717) is 6.61 Å². The van der Waals surface area contributed by atoms with Gasteiger partial charge in [0.05, 0.1) is 13.2 Å². The summed E-state index contributed by atoms with van der Waals surface area (Å²) in [5.41, 5.74) is 1.23. The first-order valence-electron chi connectivity index (χ1n) is 5.40. The van der Waals surface area contributed by atoms with E-state index in [9.17, 15) is 0 Å². The van der Waals surface area contributed by atoms with Gasteiger partial charge < -0.3 is 15.4 Å². The highest BCUT2D eigenvalue weighted by Gasteiger charge is 1.91. The summed E-state index contributed by atoms with van der Waals surface area (Å²) in [5.74, 6) is 0. The first kappa shape index (κ1) is 12.2. The molecule has 0 saturated heterocycles. The van der Waals surface area contributed by atoms with Gasteiger partial charge in [-0.3, -0.25) is 0 Å². The molecule has 1 aromatic carbocycles. The summed E-state index contributed by atoms with van der Waals surface area (Å²) in [5, 5.41) is 6.37. The fourth-order valence-corrected chi connectivity index (χ4v) is 1.25. The van der Waals surface area contributed by atoms with E-state index in [4.69, 9.17) is 4.74 Å². The van der Waals surface area contributed by atoms with Crippen molar-refractivity contribution in [2.45, 2.75) is 6.61 Å². The van der Waals surface area contributed by atoms with Gasteiger partial charge in [-0.1, -0.05) is 30.3 Å². The van der Waals surface area contributed by atoms with Crippen LogP contribution in [-0.2, 0) is 11.3 Å². The molecule has 0 heterocycles. The Kier molecular flexibility index (Phi) is 6.83. The third-order valence-corrected chi connectivity index (χ3v) is 2.09. The minimum Gasteiger partial charge on any atom is -0.375 e. The Bertz CT molecular complexity index is 239. The molecule has 0 aromatic heterocycles. The maximum Gasteiger partial charge on any atom is 0.0717 e. The maximum atomic E-state index is 5.52. The van der Waals surface area contributed by atoms with Crippen LogP contribution in [0.2, 0.25) is 0 Å². The van der Waals surface area contributed by atoms with Crippen LogP contribution in [0, 0.1) is 0 Å². The van der Waals surface area contributed by atoms with Crippen molar-refractivity contribution < 1.29 is 4.74 Å². The normalized spacial score (nSPS) is 10.5. The van der Waals surface area contributed by atoms with Crippen LogP contribution in [0.3, 0.4) is 0 Å². The summed E-state index contributed by atoms with van der Waals surface area (Å²) < 4.78 is 5.52. The standard InChI is InChI=1S/C12H20N2O/c1-13-7-8-14-9-10-15-11-12-5-3-2-4-6-12/h2-6,13-14H,7-11H2,1H3. The lowest BCUT2D eigenvalue weighted by atomic mass is 10.2. The van der Waals surface area contributed by atoms with Gasteiger partial charge in [0.15, 0.2) is 0 Å². The van der Waals surface area contributed by atoms with Crippen LogP contribution < -0.4 is 10.6 Å². The summed E-state index contributed by atoms with van der Waals surface area (Å²) >= 11 is 0. The van der Waals surface area contributed by atoms with Crippen LogP contribution in [0.1, 0.15) is 5.56 Å². The molecule has 0 aliphatic rings. The minimum absolute atomic E-state index is 0.703. The molecule has 0 fully saturated rings. The van der Waals surface area contributed by atoms with Crippen molar-refractivity contribution in [1.29, 1.82) is 0 Å². The van der Waals surface area contributed by atoms with Gasteiger partial charge in [-0.25, -0.2) is 0 Å². The van der Waals surface area contributed by atoms with Crippen molar-refractivity contribution in [3.8, 4) is 0 Å². The molecule has 0 atom stereocenters. The van der Waals surface area contributed by atoms with E-state index < -0.39 is 0 Å². The lowest BCUT2D eigenvalue weighted by Gasteiger charge is -2.05. The highest BCUT2D eigenvalue weighted by molar-refractivity contribution is 5.13. The Morgan fingerprint density at radius 2 is 1.87 bits per heavy atom. The monoisotopic (exact) mass is 208 g/mol. The second-order valence-corrected chi connectivity index (χ2v) is 3.39. The third kappa shape index (κ3) is 6.23. The third-order valence-electron chi connectivity index (χ3n) is 2.09. The molecular formula is C12H20N2O. The Morgan fingerprint density at radius 3 is 2.60 bits per heavy atom. The summed E-state index contributed by atoms with van der Waals surface area (Å²) in [4.78, 5) is 0. The molecule has 0 spiro atoms. The van der Waals surface area contributed by atoms with Crippen molar-refractivity contribution >= 4 is 0 Å². The molecule has 1 aromatic rings. The zero-order valence-electron chi connectivity index (χ0n) is 9.33. The molecule has 1 rings (SSSR count). The molecule has 84 valence electrons. The quantitative estimate of drug-likeness (QED) is 0.626. The van der Waals surface area contributed by atoms with Crippen LogP contribution in [0.5, 0.6) is 0 Å². The fraction of sp³-hybridized carbons (Fsp3) is 0.500. The molecule has 0 aliphatic heterocycles. The molecule has 2 N–H and O–H groups in total. The summed E-state index contributed by atoms with van der Waals surface area (Å²) in [6.07, 6.45) is 0. The smallest absolute Gasteiger partial charge is 0.0717 e. The van der Waals surface area contributed by atoms with Gasteiger partial charge in [0.1, 0.15) is 0 Å². The van der Waals surface area contributed by atoms with E-state index in [2.05, 4.69) is 22.8 Å². The molecule has 3 heteroatoms. The van der Waals surface area contributed by atoms with Crippen LogP contribution in [0.15, 0.2) is 30.3 Å². The number of rotatable bonds is 8. The number of ether oxygens (including phenoxy) is 1. The molecule has 0 amide bonds. The van der Waals surface area contributed by atoms with Crippen LogP contribution >= 0.6 is 0 Å². The van der Waals surface area contributed by atoms with Crippen LogP contribution in [0.4, 0.5) is 0 Å². The van der Waals surface area contributed by atoms with Crippen molar-refractivity contribution in [3.63, 3.8) is 0 Å². The molecular weight excluding hydrogens is 188 g/mol. The number of hydrogen-bond acceptors (Lipinski definition) is 3. The van der Waals surface area contributed by atoms with E-state index >= 15 is 0 Å². The van der Waals surface area contributed by atoms with Gasteiger partial charge >= 0.3 is 0 Å². The maximum absolute atomic E-state index is 5.52. The lowest BCUT2D eigenvalue weighted by Crippen LogP contribution is -2.27. The van der Waals surface area contributed by atoms with Crippen molar-refractivity contribution in [2.75, 3.05) is 33.3 Å². The van der Waals surface area contributed by atoms with Gasteiger partial charge in [-0.2, -0.15) is 0 Å². The Balaban J connectivity index is 1.93. The van der Waals surface area contributed by atoms with Crippen molar-refractivity contribution in [2.24, 2.45) is 0 Å². The molecule has 0 saturated carbocycles. The second kappa shape index (κ2) is 8.41. The predicted octanol–water partition coefficient (Wildman–Crippen LogP) is 1.01. The topological polar surface area (TPSA) is 33.3 Å². The van der Waals surface area contributed by atoms with E-state index in [1.165, 1.54) is 5.56 Å². The minimum atomic E-state index is 0.703. The average Bonchev–Trinajstić information content (AvgIpc) is 2.29. The molecule has 0 unspecified atom stereocenters. The number of nitrogens with one attached hydrogen (secondary N) is 2. The summed E-state index contributed by atoms with van der Waals surface area (Å²) in [6, 6.07) is 10.2. The van der Waals surface area contributed by atoms with E-state index in [1.54, 1.807) is 0 Å². The highest BCUT2D eigenvalue weighted by Crippen LogP contribution is 1.99. The number of benzene rings is 1. The van der Waals surface area contributed by atoms with E-state index in [1.807, 2.05) is 25.2 Å². The number of likely N-dealkylation sites (N-methyl/N-ethyl adjacent to an activating group) is 1. The van der Waals surface area contributed by atoms with Gasteiger partial charge in [0.2, 0.25) is 0 Å². The van der Waals surface area contributed by atoms with E-state index in [0.717, 1.165) is 26.2 Å². The Morgan fingerprint density at radius 1 is 1.07 bits per heavy atom. The SMILES string of the molecule is CNCCNCCOCc1ccccc1. The molecule has 3 nitrogen and oxygen atoms in total. The fourth-order valence-electron chi connectivity index (χ4n) is 1.25. The summed E-state index contributed by atoms with van der Waals surface area (Å²) in [7, 11) is 1.95.